The monoisotopic (exact) mass is 298 g/mol. The molecule has 6 heteroatoms. The average molecular weight is 298 g/mol. The Labute approximate surface area is 120 Å². The summed E-state index contributed by atoms with van der Waals surface area (Å²) in [6.45, 7) is 5.41. The first-order valence-corrected chi connectivity index (χ1v) is 8.37. The summed E-state index contributed by atoms with van der Waals surface area (Å²) in [6.07, 6.45) is 0.781. The van der Waals surface area contributed by atoms with E-state index in [1.165, 1.54) is 6.07 Å². The van der Waals surface area contributed by atoms with Crippen molar-refractivity contribution >= 4 is 21.4 Å². The summed E-state index contributed by atoms with van der Waals surface area (Å²) in [4.78, 5) is 12.2. The van der Waals surface area contributed by atoms with E-state index in [9.17, 15) is 13.2 Å². The second-order valence-electron chi connectivity index (χ2n) is 4.80. The summed E-state index contributed by atoms with van der Waals surface area (Å²) in [5.41, 5.74) is 6.14. The molecule has 0 saturated heterocycles. The Hall–Kier alpha value is -1.40. The fraction of sp³-hybridized carbons (Fsp3) is 0.500. The van der Waals surface area contributed by atoms with E-state index in [2.05, 4.69) is 5.32 Å². The van der Waals surface area contributed by atoms with E-state index in [0.717, 1.165) is 6.42 Å². The Morgan fingerprint density at radius 1 is 1.30 bits per heavy atom. The normalized spacial score (nSPS) is 14.6. The van der Waals surface area contributed by atoms with Crippen LogP contribution in [0.2, 0.25) is 0 Å². The lowest BCUT2D eigenvalue weighted by molar-refractivity contribution is -0.118. The molecule has 0 radical (unpaired) electrons. The van der Waals surface area contributed by atoms with Crippen molar-refractivity contribution in [1.29, 1.82) is 0 Å². The highest BCUT2D eigenvalue weighted by atomic mass is 32.2. The second-order valence-corrected chi connectivity index (χ2v) is 7.05. The minimum Gasteiger partial charge on any atom is -0.324 e. The van der Waals surface area contributed by atoms with Gasteiger partial charge in [-0.15, -0.1) is 0 Å². The molecule has 0 aromatic heterocycles. The van der Waals surface area contributed by atoms with Gasteiger partial charge in [0.25, 0.3) is 0 Å². The van der Waals surface area contributed by atoms with Gasteiger partial charge >= 0.3 is 0 Å². The van der Waals surface area contributed by atoms with Crippen LogP contribution in [0.25, 0.3) is 0 Å². The van der Waals surface area contributed by atoms with Gasteiger partial charge in [0.1, 0.15) is 0 Å². The zero-order valence-corrected chi connectivity index (χ0v) is 12.9. The Bertz CT molecular complexity index is 570. The number of carbonyl (C=O) groups is 1. The number of anilines is 1. The zero-order chi connectivity index (χ0) is 15.3. The number of sulfone groups is 1. The maximum absolute atomic E-state index is 12.0. The third-order valence-electron chi connectivity index (χ3n) is 3.42. The molecule has 3 N–H and O–H groups in total. The van der Waals surface area contributed by atoms with Gasteiger partial charge in [-0.3, -0.25) is 4.79 Å². The molecule has 0 heterocycles. The Kier molecular flexibility index (Phi) is 5.71. The Balaban J connectivity index is 3.03. The topological polar surface area (TPSA) is 89.3 Å². The van der Waals surface area contributed by atoms with E-state index in [0.29, 0.717) is 0 Å². The van der Waals surface area contributed by atoms with Gasteiger partial charge in [-0.2, -0.15) is 0 Å². The highest BCUT2D eigenvalue weighted by molar-refractivity contribution is 7.91. The van der Waals surface area contributed by atoms with E-state index in [1.54, 1.807) is 25.1 Å². The van der Waals surface area contributed by atoms with Crippen LogP contribution in [0.1, 0.15) is 27.2 Å². The standard InChI is InChI=1S/C14H22N2O3S/c1-4-10(3)13(15)14(17)16-11-8-6-7-9-12(11)20(18,19)5-2/h6-10,13H,4-5,15H2,1-3H3,(H,16,17)/t10?,13-/m0/s1. The predicted molar refractivity (Wildman–Crippen MR) is 80.2 cm³/mol. The van der Waals surface area contributed by atoms with Crippen LogP contribution in [0.4, 0.5) is 5.69 Å². The Morgan fingerprint density at radius 3 is 2.45 bits per heavy atom. The molecule has 1 aromatic carbocycles. The molecular weight excluding hydrogens is 276 g/mol. The lowest BCUT2D eigenvalue weighted by Crippen LogP contribution is -2.40. The lowest BCUT2D eigenvalue weighted by Gasteiger charge is -2.18. The summed E-state index contributed by atoms with van der Waals surface area (Å²) in [7, 11) is -3.38. The third-order valence-corrected chi connectivity index (χ3v) is 5.21. The van der Waals surface area contributed by atoms with E-state index in [1.807, 2.05) is 13.8 Å². The maximum Gasteiger partial charge on any atom is 0.241 e. The third kappa shape index (κ3) is 3.80. The van der Waals surface area contributed by atoms with Crippen LogP contribution in [0, 0.1) is 5.92 Å². The van der Waals surface area contributed by atoms with Crippen molar-refractivity contribution in [1.82, 2.24) is 0 Å². The predicted octanol–water partition coefficient (Wildman–Crippen LogP) is 1.79. The van der Waals surface area contributed by atoms with Gasteiger partial charge in [0.05, 0.1) is 22.4 Å². The number of amides is 1. The summed E-state index contributed by atoms with van der Waals surface area (Å²) in [5, 5.41) is 2.62. The number of rotatable bonds is 6. The quantitative estimate of drug-likeness (QED) is 0.838. The summed E-state index contributed by atoms with van der Waals surface area (Å²) < 4.78 is 24.0. The molecule has 0 aliphatic heterocycles. The minimum absolute atomic E-state index is 0.0166. The number of hydrogen-bond acceptors (Lipinski definition) is 4. The maximum atomic E-state index is 12.0. The van der Waals surface area contributed by atoms with Gasteiger partial charge in [0, 0.05) is 0 Å². The molecule has 0 aliphatic carbocycles. The van der Waals surface area contributed by atoms with Gasteiger partial charge < -0.3 is 11.1 Å². The van der Waals surface area contributed by atoms with Gasteiger partial charge in [-0.1, -0.05) is 39.3 Å². The number of hydrogen-bond donors (Lipinski definition) is 2. The number of para-hydroxylation sites is 1. The largest absolute Gasteiger partial charge is 0.324 e. The molecule has 0 spiro atoms. The van der Waals surface area contributed by atoms with Crippen LogP contribution in [0.15, 0.2) is 29.2 Å². The van der Waals surface area contributed by atoms with Crippen LogP contribution < -0.4 is 11.1 Å². The van der Waals surface area contributed by atoms with Gasteiger partial charge in [0.15, 0.2) is 9.84 Å². The molecule has 1 unspecified atom stereocenters. The molecule has 112 valence electrons. The van der Waals surface area contributed by atoms with Crippen molar-refractivity contribution in [2.24, 2.45) is 11.7 Å². The van der Waals surface area contributed by atoms with Crippen molar-refractivity contribution in [3.05, 3.63) is 24.3 Å². The first kappa shape index (κ1) is 16.7. The number of carbonyl (C=O) groups excluding carboxylic acids is 1. The number of nitrogens with one attached hydrogen (secondary N) is 1. The fourth-order valence-electron chi connectivity index (χ4n) is 1.73. The fourth-order valence-corrected chi connectivity index (χ4v) is 2.78. The molecule has 0 saturated carbocycles. The van der Waals surface area contributed by atoms with E-state index < -0.39 is 15.9 Å². The molecule has 0 aliphatic rings. The minimum atomic E-state index is -3.38. The molecule has 2 atom stereocenters. The van der Waals surface area contributed by atoms with Crippen LogP contribution in [-0.4, -0.2) is 26.1 Å². The first-order chi connectivity index (χ1) is 9.33. The zero-order valence-electron chi connectivity index (χ0n) is 12.1. The van der Waals surface area contributed by atoms with Gasteiger partial charge in [-0.05, 0) is 18.1 Å². The molecule has 5 nitrogen and oxygen atoms in total. The first-order valence-electron chi connectivity index (χ1n) is 6.71. The summed E-state index contributed by atoms with van der Waals surface area (Å²) in [6, 6.07) is 5.72. The van der Waals surface area contributed by atoms with Gasteiger partial charge in [0.2, 0.25) is 5.91 Å². The van der Waals surface area contributed by atoms with E-state index >= 15 is 0 Å². The highest BCUT2D eigenvalue weighted by Gasteiger charge is 2.22. The van der Waals surface area contributed by atoms with Crippen LogP contribution >= 0.6 is 0 Å². The van der Waals surface area contributed by atoms with Crippen molar-refractivity contribution in [2.45, 2.75) is 38.1 Å². The molecule has 1 aromatic rings. The second kappa shape index (κ2) is 6.85. The van der Waals surface area contributed by atoms with Crippen LogP contribution in [0.3, 0.4) is 0 Å². The van der Waals surface area contributed by atoms with Crippen molar-refractivity contribution < 1.29 is 13.2 Å². The smallest absolute Gasteiger partial charge is 0.241 e. The molecule has 1 rings (SSSR count). The van der Waals surface area contributed by atoms with Crippen molar-refractivity contribution in [3.8, 4) is 0 Å². The van der Waals surface area contributed by atoms with E-state index in [-0.39, 0.29) is 28.2 Å². The lowest BCUT2D eigenvalue weighted by atomic mass is 9.99. The number of nitrogens with two attached hydrogens (primary N) is 1. The van der Waals surface area contributed by atoms with E-state index in [4.69, 9.17) is 5.73 Å². The summed E-state index contributed by atoms with van der Waals surface area (Å²) >= 11 is 0. The van der Waals surface area contributed by atoms with Gasteiger partial charge in [-0.25, -0.2) is 8.42 Å². The number of benzene rings is 1. The SMILES string of the molecule is CCC(C)[C@H](N)C(=O)Nc1ccccc1S(=O)(=O)CC. The molecule has 20 heavy (non-hydrogen) atoms. The van der Waals surface area contributed by atoms with Crippen molar-refractivity contribution in [3.63, 3.8) is 0 Å². The molecule has 1 amide bonds. The molecule has 0 bridgehead atoms. The summed E-state index contributed by atoms with van der Waals surface area (Å²) in [5.74, 6) is -0.347. The molecule has 0 fully saturated rings. The highest BCUT2D eigenvalue weighted by Crippen LogP contribution is 2.22. The van der Waals surface area contributed by atoms with Crippen molar-refractivity contribution in [2.75, 3.05) is 11.1 Å². The van der Waals surface area contributed by atoms with Crippen LogP contribution in [-0.2, 0) is 14.6 Å². The Morgan fingerprint density at radius 2 is 1.90 bits per heavy atom. The molecular formula is C14H22N2O3S. The van der Waals surface area contributed by atoms with Crippen LogP contribution in [0.5, 0.6) is 0 Å². The average Bonchev–Trinajstić information content (AvgIpc) is 2.45.